The van der Waals surface area contributed by atoms with E-state index in [-0.39, 0.29) is 23.0 Å². The number of carbonyl (C=O) groups excluding carboxylic acids is 2. The Balaban J connectivity index is 2.05. The van der Waals surface area contributed by atoms with Gasteiger partial charge in [0.1, 0.15) is 22.8 Å². The molecule has 0 unspecified atom stereocenters. The number of amides is 2. The van der Waals surface area contributed by atoms with E-state index in [0.29, 0.717) is 18.2 Å². The number of benzene rings is 2. The van der Waals surface area contributed by atoms with Gasteiger partial charge in [0.25, 0.3) is 11.8 Å². The van der Waals surface area contributed by atoms with E-state index in [9.17, 15) is 44.7 Å². The lowest BCUT2D eigenvalue weighted by Crippen LogP contribution is -2.20. The number of nitrogens with one attached hydrogen (secondary N) is 1. The molecule has 3 N–H and O–H groups in total. The van der Waals surface area contributed by atoms with Crippen molar-refractivity contribution in [3.8, 4) is 17.2 Å². The van der Waals surface area contributed by atoms with Crippen LogP contribution in [0.15, 0.2) is 42.6 Å². The van der Waals surface area contributed by atoms with Crippen LogP contribution in [0.5, 0.6) is 17.2 Å². The van der Waals surface area contributed by atoms with Crippen LogP contribution in [-0.2, 0) is 6.18 Å². The number of nitrogens with zero attached hydrogens (tertiary/aromatic N) is 1. The molecule has 7 nitrogen and oxygen atoms in total. The summed E-state index contributed by atoms with van der Waals surface area (Å²) in [4.78, 5) is 27.9. The number of primary amides is 1. The summed E-state index contributed by atoms with van der Waals surface area (Å²) in [5, 5.41) is 2.12. The average molecular weight is 535 g/mol. The molecule has 0 bridgehead atoms. The number of nitrogens with two attached hydrogens (primary N) is 1. The maximum Gasteiger partial charge on any atom is 0.573 e. The predicted octanol–water partition coefficient (Wildman–Crippen LogP) is 5.73. The second-order valence-electron chi connectivity index (χ2n) is 7.24. The summed E-state index contributed by atoms with van der Waals surface area (Å²) in [5.41, 5.74) is 1.74. The molecule has 196 valence electrons. The van der Waals surface area contributed by atoms with Crippen LogP contribution in [0.1, 0.15) is 32.0 Å². The van der Waals surface area contributed by atoms with Crippen molar-refractivity contribution in [2.45, 2.75) is 19.5 Å². The van der Waals surface area contributed by atoms with E-state index in [1.807, 2.05) is 0 Å². The number of halogens is 8. The molecule has 0 saturated carbocycles. The van der Waals surface area contributed by atoms with Crippen molar-refractivity contribution in [3.05, 3.63) is 76.6 Å². The number of rotatable bonds is 6. The first-order valence-corrected chi connectivity index (χ1v) is 9.77. The zero-order valence-corrected chi connectivity index (χ0v) is 18.2. The van der Waals surface area contributed by atoms with Gasteiger partial charge in [-0.05, 0) is 42.8 Å². The molecular weight excluding hydrogens is 522 g/mol. The summed E-state index contributed by atoms with van der Waals surface area (Å²) in [7, 11) is 0. The Labute approximate surface area is 201 Å². The fourth-order valence-electron chi connectivity index (χ4n) is 2.93. The summed E-state index contributed by atoms with van der Waals surface area (Å²) < 4.78 is 114. The average Bonchev–Trinajstić information content (AvgIpc) is 2.75. The largest absolute Gasteiger partial charge is 0.573 e. The first-order chi connectivity index (χ1) is 17.1. The van der Waals surface area contributed by atoms with E-state index in [1.54, 1.807) is 0 Å². The zero-order chi connectivity index (χ0) is 27.7. The third kappa shape index (κ3) is 6.42. The number of aromatic nitrogens is 1. The Hall–Kier alpha value is -4.43. The lowest BCUT2D eigenvalue weighted by Gasteiger charge is -2.17. The van der Waals surface area contributed by atoms with Crippen molar-refractivity contribution in [1.82, 2.24) is 4.98 Å². The Bertz CT molecular complexity index is 1370. The molecule has 37 heavy (non-hydrogen) atoms. The Morgan fingerprint density at radius 3 is 2.19 bits per heavy atom. The summed E-state index contributed by atoms with van der Waals surface area (Å²) in [6.07, 6.45) is -9.33. The number of hydrogen-bond acceptors (Lipinski definition) is 5. The summed E-state index contributed by atoms with van der Waals surface area (Å²) in [5.74, 6) is -8.77. The molecule has 15 heteroatoms. The first-order valence-electron chi connectivity index (χ1n) is 9.77. The first kappa shape index (κ1) is 27.2. The fourth-order valence-corrected chi connectivity index (χ4v) is 2.93. The lowest BCUT2D eigenvalue weighted by molar-refractivity contribution is -0.275. The van der Waals surface area contributed by atoms with E-state index in [4.69, 9.17) is 10.5 Å². The second kappa shape index (κ2) is 9.91. The molecule has 1 heterocycles. The molecule has 0 aliphatic carbocycles. The van der Waals surface area contributed by atoms with Crippen molar-refractivity contribution in [3.63, 3.8) is 0 Å². The van der Waals surface area contributed by atoms with Crippen LogP contribution in [0, 0.1) is 18.6 Å². The van der Waals surface area contributed by atoms with Crippen LogP contribution < -0.4 is 20.5 Å². The van der Waals surface area contributed by atoms with Gasteiger partial charge in [0, 0.05) is 18.0 Å². The number of ether oxygens (including phenoxy) is 2. The number of anilines is 1. The van der Waals surface area contributed by atoms with Crippen LogP contribution in [-0.4, -0.2) is 23.2 Å². The van der Waals surface area contributed by atoms with Crippen LogP contribution in [0.4, 0.5) is 40.8 Å². The highest BCUT2D eigenvalue weighted by molar-refractivity contribution is 6.07. The topological polar surface area (TPSA) is 104 Å². The minimum Gasteiger partial charge on any atom is -0.456 e. The van der Waals surface area contributed by atoms with E-state index in [0.717, 1.165) is 18.3 Å². The minimum absolute atomic E-state index is 0.156. The van der Waals surface area contributed by atoms with Crippen molar-refractivity contribution in [2.75, 3.05) is 5.32 Å². The van der Waals surface area contributed by atoms with Gasteiger partial charge >= 0.3 is 12.5 Å². The number of carbonyl (C=O) groups is 2. The monoisotopic (exact) mass is 535 g/mol. The molecule has 0 fully saturated rings. The van der Waals surface area contributed by atoms with Gasteiger partial charge in [0.05, 0.1) is 5.56 Å². The maximum atomic E-state index is 15.0. The van der Waals surface area contributed by atoms with Crippen LogP contribution >= 0.6 is 0 Å². The van der Waals surface area contributed by atoms with Gasteiger partial charge in [-0.25, -0.2) is 8.78 Å². The lowest BCUT2D eigenvalue weighted by atomic mass is 10.1. The Kier molecular flexibility index (Phi) is 7.27. The van der Waals surface area contributed by atoms with E-state index in [1.165, 1.54) is 6.92 Å². The van der Waals surface area contributed by atoms with Gasteiger partial charge in [-0.1, -0.05) is 0 Å². The van der Waals surface area contributed by atoms with Gasteiger partial charge in [-0.2, -0.15) is 13.2 Å². The Morgan fingerprint density at radius 1 is 0.973 bits per heavy atom. The number of alkyl halides is 6. The van der Waals surface area contributed by atoms with E-state index >= 15 is 0 Å². The van der Waals surface area contributed by atoms with Crippen molar-refractivity contribution >= 4 is 17.5 Å². The fraction of sp³-hybridized carbons (Fsp3) is 0.136. The van der Waals surface area contributed by atoms with E-state index < -0.39 is 64.4 Å². The predicted molar refractivity (Wildman–Crippen MR) is 110 cm³/mol. The molecule has 0 saturated heterocycles. The third-order valence-corrected chi connectivity index (χ3v) is 4.60. The van der Waals surface area contributed by atoms with Crippen molar-refractivity contribution in [2.24, 2.45) is 5.73 Å². The van der Waals surface area contributed by atoms with Crippen LogP contribution in [0.3, 0.4) is 0 Å². The highest BCUT2D eigenvalue weighted by Crippen LogP contribution is 2.38. The minimum atomic E-state index is -5.23. The molecule has 3 aromatic rings. The van der Waals surface area contributed by atoms with Crippen LogP contribution in [0.2, 0.25) is 0 Å². The summed E-state index contributed by atoms with van der Waals surface area (Å²) in [6, 6.07) is 3.44. The molecule has 1 aromatic heterocycles. The number of aryl methyl sites for hydroxylation is 1. The Morgan fingerprint density at radius 2 is 1.62 bits per heavy atom. The number of pyridine rings is 1. The van der Waals surface area contributed by atoms with Crippen LogP contribution in [0.25, 0.3) is 0 Å². The number of hydrogen-bond donors (Lipinski definition) is 2. The maximum absolute atomic E-state index is 15.0. The third-order valence-electron chi connectivity index (χ3n) is 4.60. The van der Waals surface area contributed by atoms with Gasteiger partial charge in [-0.15, -0.1) is 13.2 Å². The van der Waals surface area contributed by atoms with Crippen molar-refractivity contribution < 1.29 is 54.2 Å². The molecular formula is C22H13F8N3O4. The van der Waals surface area contributed by atoms with Crippen molar-refractivity contribution in [1.29, 1.82) is 0 Å². The normalized spacial score (nSPS) is 11.7. The smallest absolute Gasteiger partial charge is 0.456 e. The highest BCUT2D eigenvalue weighted by atomic mass is 19.4. The second-order valence-corrected chi connectivity index (χ2v) is 7.24. The molecule has 0 spiro atoms. The SMILES string of the molecule is Cc1cnc(C(N)=O)cc1NC(=O)c1c(Oc2ccc(OC(F)(F)F)c(F)c2)ccc(C(F)(F)F)c1F. The zero-order valence-electron chi connectivity index (χ0n) is 18.2. The van der Waals surface area contributed by atoms with Gasteiger partial charge in [0.2, 0.25) is 0 Å². The molecule has 0 atom stereocenters. The standard InChI is InChI=1S/C22H13F8N3O4/c1-9-8-32-14(19(31)34)7-13(9)33-20(35)17-16(5-3-11(18(17)24)21(25,26)27)36-10-2-4-15(12(23)6-10)37-22(28,29)30/h2-8H,1H3,(H2,31,34)(H,32,33,35). The quantitative estimate of drug-likeness (QED) is 0.393. The van der Waals surface area contributed by atoms with E-state index in [2.05, 4.69) is 15.0 Å². The van der Waals surface area contributed by atoms with Gasteiger partial charge in [0.15, 0.2) is 17.4 Å². The summed E-state index contributed by atoms with van der Waals surface area (Å²) in [6.45, 7) is 1.40. The molecule has 2 aromatic carbocycles. The van der Waals surface area contributed by atoms with Gasteiger partial charge < -0.3 is 20.5 Å². The molecule has 2 amide bonds. The highest BCUT2D eigenvalue weighted by Gasteiger charge is 2.38. The molecule has 0 aliphatic heterocycles. The summed E-state index contributed by atoms with van der Waals surface area (Å²) >= 11 is 0. The molecule has 0 radical (unpaired) electrons. The van der Waals surface area contributed by atoms with Gasteiger partial charge in [-0.3, -0.25) is 14.6 Å². The molecule has 0 aliphatic rings. The molecule has 3 rings (SSSR count).